The molecule has 0 bridgehead atoms. The minimum absolute atomic E-state index is 0.440. The summed E-state index contributed by atoms with van der Waals surface area (Å²) in [5.41, 5.74) is 11.1. The second-order valence-electron chi connectivity index (χ2n) is 12.9. The third kappa shape index (κ3) is 8.70. The Bertz CT molecular complexity index is 1650. The number of ether oxygens (including phenoxy) is 2. The van der Waals surface area contributed by atoms with Crippen LogP contribution in [0.1, 0.15) is 84.0 Å². The fraction of sp³-hybridized carbons (Fsp3) is 0.364. The normalized spacial score (nSPS) is 13.2. The Balaban J connectivity index is 1.27. The number of hydrogen-bond donors (Lipinski definition) is 0. The Morgan fingerprint density at radius 2 is 1.25 bits per heavy atom. The van der Waals surface area contributed by atoms with Gasteiger partial charge < -0.3 is 9.47 Å². The Kier molecular flexibility index (Phi) is 12.4. The first-order chi connectivity index (χ1) is 23.4. The largest absolute Gasteiger partial charge is 0.488 e. The topological polar surface area (TPSA) is 24.9 Å². The Morgan fingerprint density at radius 1 is 0.708 bits per heavy atom. The lowest BCUT2D eigenvalue weighted by molar-refractivity contribution is 0.220. The minimum Gasteiger partial charge on any atom is -0.488 e. The number of nitrogens with zero attached hydrogens (tertiary/aromatic N) is 2. The van der Waals surface area contributed by atoms with Crippen LogP contribution in [0.3, 0.4) is 0 Å². The van der Waals surface area contributed by atoms with Crippen LogP contribution < -0.4 is 9.47 Å². The molecule has 0 spiro atoms. The van der Waals surface area contributed by atoms with Gasteiger partial charge in [0, 0.05) is 13.1 Å². The first kappa shape index (κ1) is 34.8. The highest BCUT2D eigenvalue weighted by molar-refractivity contribution is 5.72. The summed E-state index contributed by atoms with van der Waals surface area (Å²) in [5, 5.41) is 0. The molecule has 4 nitrogen and oxygen atoms in total. The Labute approximate surface area is 289 Å². The van der Waals surface area contributed by atoms with Crippen LogP contribution in [0, 0.1) is 38.5 Å². The fourth-order valence-corrected chi connectivity index (χ4v) is 6.70. The van der Waals surface area contributed by atoms with Gasteiger partial charge in [0.2, 0.25) is 0 Å². The number of likely N-dealkylation sites (tertiary alicyclic amines) is 1. The van der Waals surface area contributed by atoms with Gasteiger partial charge in [0.15, 0.2) is 0 Å². The summed E-state index contributed by atoms with van der Waals surface area (Å²) in [6.45, 7) is 15.9. The second kappa shape index (κ2) is 17.1. The number of benzene rings is 4. The number of hydrogen-bond acceptors (Lipinski definition) is 4. The Hall–Kier alpha value is -4.48. The van der Waals surface area contributed by atoms with E-state index in [4.69, 9.17) is 22.3 Å². The number of terminal acetylenes is 2. The first-order valence-electron chi connectivity index (χ1n) is 17.5. The van der Waals surface area contributed by atoms with E-state index in [0.29, 0.717) is 13.2 Å². The lowest BCUT2D eigenvalue weighted by atomic mass is 9.92. The van der Waals surface area contributed by atoms with Gasteiger partial charge in [-0.05, 0) is 128 Å². The molecular formula is C44H50N2O2. The molecule has 0 N–H and O–H groups in total. The van der Waals surface area contributed by atoms with Crippen molar-refractivity contribution in [3.05, 3.63) is 117 Å². The summed E-state index contributed by atoms with van der Waals surface area (Å²) >= 11 is 0. The standard InChI is InChI=1S/C44H50N2O2/c1-7-24-45(10-4)29-35-20-22-43(37(8-2)27-35)47-31-39-16-14-18-41(33(39)5)42-19-15-17-40(34(42)6)32-48-44-23-21-36(28-38(44)9-3)30-46-25-12-11-13-26-46/h2-3,14-23,27-28H,7,10-13,24-26,29-32H2,1,4-6H3. The molecule has 1 saturated heterocycles. The molecule has 1 fully saturated rings. The van der Waals surface area contributed by atoms with E-state index < -0.39 is 0 Å². The molecule has 248 valence electrons. The molecule has 1 aliphatic rings. The van der Waals surface area contributed by atoms with Gasteiger partial charge in [-0.3, -0.25) is 9.80 Å². The van der Waals surface area contributed by atoms with Crippen LogP contribution in [0.25, 0.3) is 11.1 Å². The van der Waals surface area contributed by atoms with E-state index in [9.17, 15) is 0 Å². The van der Waals surface area contributed by atoms with Crippen LogP contribution in [-0.2, 0) is 26.3 Å². The molecule has 0 saturated carbocycles. The zero-order valence-electron chi connectivity index (χ0n) is 29.3. The Morgan fingerprint density at radius 3 is 1.77 bits per heavy atom. The molecule has 4 heteroatoms. The first-order valence-corrected chi connectivity index (χ1v) is 17.5. The quantitative estimate of drug-likeness (QED) is 0.129. The molecule has 5 rings (SSSR count). The fourth-order valence-electron chi connectivity index (χ4n) is 6.70. The van der Waals surface area contributed by atoms with Gasteiger partial charge in [0.25, 0.3) is 0 Å². The van der Waals surface area contributed by atoms with Gasteiger partial charge in [-0.15, -0.1) is 12.8 Å². The lowest BCUT2D eigenvalue weighted by Crippen LogP contribution is -2.29. The van der Waals surface area contributed by atoms with Crippen molar-refractivity contribution in [3.8, 4) is 47.3 Å². The molecule has 1 aliphatic heterocycles. The summed E-state index contributed by atoms with van der Waals surface area (Å²) in [7, 11) is 0. The zero-order valence-corrected chi connectivity index (χ0v) is 29.3. The highest BCUT2D eigenvalue weighted by Crippen LogP contribution is 2.32. The van der Waals surface area contributed by atoms with Crippen LogP contribution in [0.4, 0.5) is 0 Å². The highest BCUT2D eigenvalue weighted by Gasteiger charge is 2.15. The van der Waals surface area contributed by atoms with Gasteiger partial charge in [-0.2, -0.15) is 0 Å². The lowest BCUT2D eigenvalue weighted by Gasteiger charge is -2.26. The van der Waals surface area contributed by atoms with Crippen molar-refractivity contribution in [1.29, 1.82) is 0 Å². The van der Waals surface area contributed by atoms with Crippen molar-refractivity contribution in [2.75, 3.05) is 26.2 Å². The van der Waals surface area contributed by atoms with Gasteiger partial charge in [-0.1, -0.05) is 80.6 Å². The maximum absolute atomic E-state index is 6.35. The predicted octanol–water partition coefficient (Wildman–Crippen LogP) is 9.31. The van der Waals surface area contributed by atoms with E-state index in [1.54, 1.807) is 0 Å². The van der Waals surface area contributed by atoms with E-state index >= 15 is 0 Å². The van der Waals surface area contributed by atoms with Crippen LogP contribution in [0.2, 0.25) is 0 Å². The molecule has 0 aromatic heterocycles. The second-order valence-corrected chi connectivity index (χ2v) is 12.9. The summed E-state index contributed by atoms with van der Waals surface area (Å²) in [5.74, 6) is 7.19. The van der Waals surface area contributed by atoms with Gasteiger partial charge >= 0.3 is 0 Å². The molecule has 4 aromatic rings. The third-order valence-electron chi connectivity index (χ3n) is 9.60. The molecule has 0 atom stereocenters. The average molecular weight is 639 g/mol. The van der Waals surface area contributed by atoms with Crippen molar-refractivity contribution in [2.24, 2.45) is 0 Å². The van der Waals surface area contributed by atoms with Crippen molar-refractivity contribution < 1.29 is 9.47 Å². The van der Waals surface area contributed by atoms with E-state index in [-0.39, 0.29) is 0 Å². The summed E-state index contributed by atoms with van der Waals surface area (Å²) in [6, 6.07) is 25.4. The van der Waals surface area contributed by atoms with Gasteiger partial charge in [0.05, 0.1) is 11.1 Å². The molecule has 0 amide bonds. The molecular weight excluding hydrogens is 588 g/mol. The third-order valence-corrected chi connectivity index (χ3v) is 9.60. The maximum Gasteiger partial charge on any atom is 0.135 e. The van der Waals surface area contributed by atoms with Gasteiger partial charge in [0.1, 0.15) is 24.7 Å². The molecule has 0 unspecified atom stereocenters. The van der Waals surface area contributed by atoms with Crippen molar-refractivity contribution in [1.82, 2.24) is 9.80 Å². The predicted molar refractivity (Wildman–Crippen MR) is 199 cm³/mol. The van der Waals surface area contributed by atoms with E-state index in [1.165, 1.54) is 52.6 Å². The van der Waals surface area contributed by atoms with Crippen molar-refractivity contribution in [2.45, 2.75) is 79.7 Å². The minimum atomic E-state index is 0.440. The van der Waals surface area contributed by atoms with E-state index in [2.05, 4.69) is 110 Å². The molecule has 0 aliphatic carbocycles. The van der Waals surface area contributed by atoms with Crippen LogP contribution >= 0.6 is 0 Å². The van der Waals surface area contributed by atoms with Crippen molar-refractivity contribution >= 4 is 0 Å². The summed E-state index contributed by atoms with van der Waals surface area (Å²) in [6.07, 6.45) is 16.9. The van der Waals surface area contributed by atoms with Crippen LogP contribution in [0.5, 0.6) is 11.5 Å². The summed E-state index contributed by atoms with van der Waals surface area (Å²) in [4.78, 5) is 4.94. The molecule has 48 heavy (non-hydrogen) atoms. The highest BCUT2D eigenvalue weighted by atomic mass is 16.5. The van der Waals surface area contributed by atoms with E-state index in [1.807, 2.05) is 12.1 Å². The average Bonchev–Trinajstić information content (AvgIpc) is 3.11. The number of piperidine rings is 1. The molecule has 4 aromatic carbocycles. The number of rotatable bonds is 14. The summed E-state index contributed by atoms with van der Waals surface area (Å²) < 4.78 is 12.7. The zero-order chi connectivity index (χ0) is 33.9. The van der Waals surface area contributed by atoms with Crippen molar-refractivity contribution in [3.63, 3.8) is 0 Å². The SMILES string of the molecule is C#Cc1cc(CN(CC)CCC)ccc1OCc1cccc(-c2cccc(COc3ccc(CN4CCCCC4)cc3C#C)c2C)c1C. The maximum atomic E-state index is 6.35. The van der Waals surface area contributed by atoms with E-state index in [0.717, 1.165) is 79.4 Å². The molecule has 0 radical (unpaired) electrons. The smallest absolute Gasteiger partial charge is 0.135 e. The van der Waals surface area contributed by atoms with Crippen LogP contribution in [-0.4, -0.2) is 36.0 Å². The van der Waals surface area contributed by atoms with Gasteiger partial charge in [-0.25, -0.2) is 0 Å². The van der Waals surface area contributed by atoms with Crippen LogP contribution in [0.15, 0.2) is 72.8 Å². The molecule has 1 heterocycles. The monoisotopic (exact) mass is 638 g/mol.